The van der Waals surface area contributed by atoms with E-state index in [2.05, 4.69) is 56.4 Å². The van der Waals surface area contributed by atoms with E-state index in [0.29, 0.717) is 6.04 Å². The highest BCUT2D eigenvalue weighted by atomic mass is 14.9. The van der Waals surface area contributed by atoms with Crippen LogP contribution in [0.15, 0.2) is 30.3 Å². The first kappa shape index (κ1) is 11.7. The Bertz CT molecular complexity index is 317. The third-order valence-corrected chi connectivity index (χ3v) is 3.69. The summed E-state index contributed by atoms with van der Waals surface area (Å²) in [6, 6.07) is 11.6. The second-order valence-corrected chi connectivity index (χ2v) is 5.24. The van der Waals surface area contributed by atoms with Crippen LogP contribution in [0.4, 0.5) is 0 Å². The third kappa shape index (κ3) is 2.46. The van der Waals surface area contributed by atoms with E-state index < -0.39 is 0 Å². The minimum Gasteiger partial charge on any atom is -0.314 e. The Labute approximate surface area is 99.3 Å². The van der Waals surface area contributed by atoms with Crippen molar-refractivity contribution in [1.82, 2.24) is 5.32 Å². The van der Waals surface area contributed by atoms with Gasteiger partial charge in [0.15, 0.2) is 0 Å². The van der Waals surface area contributed by atoms with Crippen LogP contribution in [0.2, 0.25) is 0 Å². The smallest absolute Gasteiger partial charge is 0.0124 e. The molecule has 1 aromatic carbocycles. The summed E-state index contributed by atoms with van der Waals surface area (Å²) >= 11 is 0. The summed E-state index contributed by atoms with van der Waals surface area (Å²) in [6.45, 7) is 7.94. The van der Waals surface area contributed by atoms with Crippen molar-refractivity contribution in [3.8, 4) is 0 Å². The second-order valence-electron chi connectivity index (χ2n) is 5.24. The SMILES string of the molecule is CCNC(C(C)C)C1CC1c1ccccc1. The van der Waals surface area contributed by atoms with Crippen molar-refractivity contribution in [3.63, 3.8) is 0 Å². The first-order chi connectivity index (χ1) is 7.74. The van der Waals surface area contributed by atoms with Gasteiger partial charge in [0.2, 0.25) is 0 Å². The Morgan fingerprint density at radius 2 is 1.94 bits per heavy atom. The molecule has 0 amide bonds. The van der Waals surface area contributed by atoms with Gasteiger partial charge in [0.25, 0.3) is 0 Å². The van der Waals surface area contributed by atoms with Gasteiger partial charge in [-0.1, -0.05) is 51.1 Å². The van der Waals surface area contributed by atoms with Crippen LogP contribution in [0.25, 0.3) is 0 Å². The molecule has 0 spiro atoms. The summed E-state index contributed by atoms with van der Waals surface area (Å²) in [4.78, 5) is 0. The van der Waals surface area contributed by atoms with E-state index in [1.165, 1.54) is 12.0 Å². The maximum atomic E-state index is 3.64. The molecule has 1 aromatic rings. The van der Waals surface area contributed by atoms with Crippen molar-refractivity contribution in [3.05, 3.63) is 35.9 Å². The van der Waals surface area contributed by atoms with Gasteiger partial charge in [-0.3, -0.25) is 0 Å². The number of rotatable bonds is 5. The Hall–Kier alpha value is -0.820. The molecule has 2 rings (SSSR count). The topological polar surface area (TPSA) is 12.0 Å². The van der Waals surface area contributed by atoms with Crippen LogP contribution in [0.5, 0.6) is 0 Å². The minimum atomic E-state index is 0.690. The molecule has 0 bridgehead atoms. The molecule has 0 heterocycles. The average Bonchev–Trinajstić information content (AvgIpc) is 3.06. The van der Waals surface area contributed by atoms with Crippen molar-refractivity contribution in [2.45, 2.75) is 39.2 Å². The normalized spacial score (nSPS) is 25.8. The Morgan fingerprint density at radius 3 is 2.50 bits per heavy atom. The molecule has 0 saturated heterocycles. The monoisotopic (exact) mass is 217 g/mol. The van der Waals surface area contributed by atoms with Crippen LogP contribution in [-0.2, 0) is 0 Å². The summed E-state index contributed by atoms with van der Waals surface area (Å²) in [6.07, 6.45) is 1.36. The van der Waals surface area contributed by atoms with Gasteiger partial charge in [0, 0.05) is 6.04 Å². The first-order valence-electron chi connectivity index (χ1n) is 6.52. The Balaban J connectivity index is 1.99. The van der Waals surface area contributed by atoms with E-state index >= 15 is 0 Å². The summed E-state index contributed by atoms with van der Waals surface area (Å²) in [5.41, 5.74) is 1.52. The highest BCUT2D eigenvalue weighted by molar-refractivity contribution is 5.26. The van der Waals surface area contributed by atoms with Crippen LogP contribution in [0.3, 0.4) is 0 Å². The minimum absolute atomic E-state index is 0.690. The lowest BCUT2D eigenvalue weighted by Gasteiger charge is -2.22. The zero-order valence-electron chi connectivity index (χ0n) is 10.6. The molecule has 3 atom stereocenters. The summed E-state index contributed by atoms with van der Waals surface area (Å²) < 4.78 is 0. The number of hydrogen-bond donors (Lipinski definition) is 1. The second kappa shape index (κ2) is 5.01. The van der Waals surface area contributed by atoms with Crippen molar-refractivity contribution in [2.24, 2.45) is 11.8 Å². The fourth-order valence-electron chi connectivity index (χ4n) is 2.81. The molecule has 0 aliphatic heterocycles. The molecular formula is C15H23N. The molecule has 1 saturated carbocycles. The molecule has 16 heavy (non-hydrogen) atoms. The van der Waals surface area contributed by atoms with Crippen LogP contribution < -0.4 is 5.32 Å². The molecule has 1 aliphatic rings. The molecule has 0 aromatic heterocycles. The lowest BCUT2D eigenvalue weighted by atomic mass is 9.96. The maximum absolute atomic E-state index is 3.64. The fraction of sp³-hybridized carbons (Fsp3) is 0.600. The standard InChI is InChI=1S/C15H23N/c1-4-16-15(11(2)3)14-10-13(14)12-8-6-5-7-9-12/h5-9,11,13-16H,4,10H2,1-3H3. The van der Waals surface area contributed by atoms with Gasteiger partial charge >= 0.3 is 0 Å². The van der Waals surface area contributed by atoms with Gasteiger partial charge in [-0.2, -0.15) is 0 Å². The van der Waals surface area contributed by atoms with Crippen molar-refractivity contribution in [2.75, 3.05) is 6.54 Å². The number of nitrogens with one attached hydrogen (secondary N) is 1. The van der Waals surface area contributed by atoms with Crippen LogP contribution >= 0.6 is 0 Å². The van der Waals surface area contributed by atoms with E-state index in [1.807, 2.05) is 0 Å². The number of hydrogen-bond acceptors (Lipinski definition) is 1. The zero-order chi connectivity index (χ0) is 11.5. The molecule has 1 aliphatic carbocycles. The highest BCUT2D eigenvalue weighted by Crippen LogP contribution is 2.50. The van der Waals surface area contributed by atoms with Gasteiger partial charge in [0.05, 0.1) is 0 Å². The van der Waals surface area contributed by atoms with Gasteiger partial charge in [-0.05, 0) is 36.3 Å². The lowest BCUT2D eigenvalue weighted by Crippen LogP contribution is -2.36. The third-order valence-electron chi connectivity index (χ3n) is 3.69. The summed E-state index contributed by atoms with van der Waals surface area (Å²) in [5.74, 6) is 2.38. The predicted molar refractivity (Wildman–Crippen MR) is 69.6 cm³/mol. The quantitative estimate of drug-likeness (QED) is 0.797. The zero-order valence-corrected chi connectivity index (χ0v) is 10.6. The van der Waals surface area contributed by atoms with E-state index in [9.17, 15) is 0 Å². The average molecular weight is 217 g/mol. The molecule has 1 nitrogen and oxygen atoms in total. The Morgan fingerprint density at radius 1 is 1.25 bits per heavy atom. The van der Waals surface area contributed by atoms with E-state index in [4.69, 9.17) is 0 Å². The van der Waals surface area contributed by atoms with Crippen LogP contribution in [-0.4, -0.2) is 12.6 Å². The van der Waals surface area contributed by atoms with E-state index in [-0.39, 0.29) is 0 Å². The van der Waals surface area contributed by atoms with Crippen molar-refractivity contribution < 1.29 is 0 Å². The fourth-order valence-corrected chi connectivity index (χ4v) is 2.81. The van der Waals surface area contributed by atoms with Crippen LogP contribution in [0.1, 0.15) is 38.7 Å². The number of benzene rings is 1. The van der Waals surface area contributed by atoms with E-state index in [0.717, 1.165) is 24.3 Å². The molecule has 3 unspecified atom stereocenters. The molecule has 1 N–H and O–H groups in total. The van der Waals surface area contributed by atoms with Gasteiger partial charge in [-0.25, -0.2) is 0 Å². The predicted octanol–water partition coefficient (Wildman–Crippen LogP) is 3.42. The summed E-state index contributed by atoms with van der Waals surface area (Å²) in [7, 11) is 0. The maximum Gasteiger partial charge on any atom is 0.0124 e. The Kier molecular flexibility index (Phi) is 3.65. The van der Waals surface area contributed by atoms with Crippen LogP contribution in [0, 0.1) is 11.8 Å². The molecule has 88 valence electrons. The van der Waals surface area contributed by atoms with Crippen molar-refractivity contribution >= 4 is 0 Å². The van der Waals surface area contributed by atoms with Gasteiger partial charge < -0.3 is 5.32 Å². The van der Waals surface area contributed by atoms with Crippen molar-refractivity contribution in [1.29, 1.82) is 0 Å². The molecular weight excluding hydrogens is 194 g/mol. The van der Waals surface area contributed by atoms with E-state index in [1.54, 1.807) is 0 Å². The molecule has 0 radical (unpaired) electrons. The highest BCUT2D eigenvalue weighted by Gasteiger charge is 2.44. The molecule has 1 fully saturated rings. The van der Waals surface area contributed by atoms with Gasteiger partial charge in [-0.15, -0.1) is 0 Å². The summed E-state index contributed by atoms with van der Waals surface area (Å²) in [5, 5.41) is 3.64. The first-order valence-corrected chi connectivity index (χ1v) is 6.52. The lowest BCUT2D eigenvalue weighted by molar-refractivity contribution is 0.363. The van der Waals surface area contributed by atoms with Gasteiger partial charge in [0.1, 0.15) is 0 Å². The largest absolute Gasteiger partial charge is 0.314 e. The molecule has 1 heteroatoms.